The number of esters is 1. The van der Waals surface area contributed by atoms with Crippen molar-refractivity contribution < 1.29 is 27.4 Å². The van der Waals surface area contributed by atoms with Crippen molar-refractivity contribution in [2.24, 2.45) is 0 Å². The third-order valence-electron chi connectivity index (χ3n) is 3.82. The fourth-order valence-electron chi connectivity index (χ4n) is 2.49. The smallest absolute Gasteiger partial charge is 0.338 e. The van der Waals surface area contributed by atoms with Gasteiger partial charge in [0.15, 0.2) is 11.5 Å². The van der Waals surface area contributed by atoms with Crippen molar-refractivity contribution >= 4 is 16.0 Å². The standard InChI is InChI=1S/C18H19NO6S/c1-2-23-18(20)14-4-6-15(7-5-14)26(21,22)19-10-9-13-3-8-16-17(11-13)25-12-24-16/h3-8,11,19H,2,9-10,12H2,1H3. The van der Waals surface area contributed by atoms with E-state index in [9.17, 15) is 13.2 Å². The lowest BCUT2D eigenvalue weighted by Crippen LogP contribution is -2.26. The molecular formula is C18H19NO6S. The van der Waals surface area contributed by atoms with Crippen LogP contribution in [-0.2, 0) is 21.2 Å². The molecule has 0 bridgehead atoms. The van der Waals surface area contributed by atoms with Gasteiger partial charge in [0.05, 0.1) is 17.1 Å². The van der Waals surface area contributed by atoms with Crippen molar-refractivity contribution in [3.05, 3.63) is 53.6 Å². The fraction of sp³-hybridized carbons (Fsp3) is 0.278. The topological polar surface area (TPSA) is 90.9 Å². The number of carbonyl (C=O) groups excluding carboxylic acids is 1. The minimum absolute atomic E-state index is 0.0937. The molecule has 8 heteroatoms. The van der Waals surface area contributed by atoms with E-state index in [0.29, 0.717) is 23.5 Å². The fourth-order valence-corrected chi connectivity index (χ4v) is 3.53. The largest absolute Gasteiger partial charge is 0.462 e. The maximum Gasteiger partial charge on any atom is 0.338 e. The molecule has 0 spiro atoms. The van der Waals surface area contributed by atoms with Crippen LogP contribution < -0.4 is 14.2 Å². The quantitative estimate of drug-likeness (QED) is 0.743. The van der Waals surface area contributed by atoms with Crippen LogP contribution in [0.4, 0.5) is 0 Å². The number of benzene rings is 2. The molecule has 0 radical (unpaired) electrons. The molecule has 0 unspecified atom stereocenters. The van der Waals surface area contributed by atoms with E-state index >= 15 is 0 Å². The second kappa shape index (κ2) is 7.76. The lowest BCUT2D eigenvalue weighted by molar-refractivity contribution is 0.0526. The first-order valence-electron chi connectivity index (χ1n) is 8.15. The molecular weight excluding hydrogens is 358 g/mol. The van der Waals surface area contributed by atoms with Gasteiger partial charge in [-0.25, -0.2) is 17.9 Å². The van der Waals surface area contributed by atoms with Crippen LogP contribution in [0.1, 0.15) is 22.8 Å². The number of hydrogen-bond donors (Lipinski definition) is 1. The van der Waals surface area contributed by atoms with Crippen LogP contribution >= 0.6 is 0 Å². The Morgan fingerprint density at radius 3 is 2.58 bits per heavy atom. The van der Waals surface area contributed by atoms with E-state index in [2.05, 4.69) is 4.72 Å². The zero-order valence-electron chi connectivity index (χ0n) is 14.2. The van der Waals surface area contributed by atoms with E-state index in [4.69, 9.17) is 14.2 Å². The molecule has 138 valence electrons. The molecule has 3 rings (SSSR count). The van der Waals surface area contributed by atoms with Crippen molar-refractivity contribution in [3.63, 3.8) is 0 Å². The van der Waals surface area contributed by atoms with E-state index in [1.165, 1.54) is 24.3 Å². The van der Waals surface area contributed by atoms with Crippen LogP contribution in [0, 0.1) is 0 Å². The summed E-state index contributed by atoms with van der Waals surface area (Å²) >= 11 is 0. The third-order valence-corrected chi connectivity index (χ3v) is 5.30. The molecule has 0 aliphatic carbocycles. The van der Waals surface area contributed by atoms with Crippen LogP contribution in [0.15, 0.2) is 47.4 Å². The van der Waals surface area contributed by atoms with Gasteiger partial charge in [-0.15, -0.1) is 0 Å². The number of ether oxygens (including phenoxy) is 3. The van der Waals surface area contributed by atoms with Crippen LogP contribution in [0.25, 0.3) is 0 Å². The van der Waals surface area contributed by atoms with Gasteiger partial charge in [0.25, 0.3) is 0 Å². The second-order valence-corrected chi connectivity index (χ2v) is 7.35. The summed E-state index contributed by atoms with van der Waals surface area (Å²) in [4.78, 5) is 11.7. The minimum atomic E-state index is -3.65. The van der Waals surface area contributed by atoms with Gasteiger partial charge in [0, 0.05) is 6.54 Å². The van der Waals surface area contributed by atoms with Gasteiger partial charge in [-0.1, -0.05) is 6.07 Å². The Kier molecular flexibility index (Phi) is 5.43. The minimum Gasteiger partial charge on any atom is -0.462 e. The summed E-state index contributed by atoms with van der Waals surface area (Å²) in [6, 6.07) is 11.2. The van der Waals surface area contributed by atoms with Gasteiger partial charge < -0.3 is 14.2 Å². The molecule has 2 aromatic rings. The summed E-state index contributed by atoms with van der Waals surface area (Å²) in [6.07, 6.45) is 0.511. The molecule has 26 heavy (non-hydrogen) atoms. The number of fused-ring (bicyclic) bond motifs is 1. The van der Waals surface area contributed by atoms with Crippen molar-refractivity contribution in [2.75, 3.05) is 19.9 Å². The first-order chi connectivity index (χ1) is 12.5. The number of hydrogen-bond acceptors (Lipinski definition) is 6. The summed E-state index contributed by atoms with van der Waals surface area (Å²) < 4.78 is 42.7. The number of sulfonamides is 1. The van der Waals surface area contributed by atoms with Crippen molar-refractivity contribution in [1.82, 2.24) is 4.72 Å². The van der Waals surface area contributed by atoms with E-state index in [0.717, 1.165) is 5.56 Å². The first kappa shape index (κ1) is 18.2. The van der Waals surface area contributed by atoms with E-state index < -0.39 is 16.0 Å². The van der Waals surface area contributed by atoms with Crippen LogP contribution in [0.5, 0.6) is 11.5 Å². The SMILES string of the molecule is CCOC(=O)c1ccc(S(=O)(=O)NCCc2ccc3c(c2)OCO3)cc1. The second-order valence-electron chi connectivity index (χ2n) is 5.58. The zero-order chi connectivity index (χ0) is 18.6. The average Bonchev–Trinajstić information content (AvgIpc) is 3.10. The zero-order valence-corrected chi connectivity index (χ0v) is 15.0. The molecule has 1 aliphatic rings. The Labute approximate surface area is 151 Å². The highest BCUT2D eigenvalue weighted by molar-refractivity contribution is 7.89. The molecule has 1 aliphatic heterocycles. The normalized spacial score (nSPS) is 12.8. The molecule has 0 atom stereocenters. The van der Waals surface area contributed by atoms with E-state index in [1.54, 1.807) is 13.0 Å². The van der Waals surface area contributed by atoms with Crippen LogP contribution in [0.2, 0.25) is 0 Å². The van der Waals surface area contributed by atoms with Gasteiger partial charge in [-0.3, -0.25) is 0 Å². The highest BCUT2D eigenvalue weighted by Gasteiger charge is 2.16. The van der Waals surface area contributed by atoms with Crippen molar-refractivity contribution in [3.8, 4) is 11.5 Å². The molecule has 7 nitrogen and oxygen atoms in total. The maximum absolute atomic E-state index is 12.3. The molecule has 2 aromatic carbocycles. The monoisotopic (exact) mass is 377 g/mol. The predicted octanol–water partition coefficient (Wildman–Crippen LogP) is 2.11. The van der Waals surface area contributed by atoms with E-state index in [-0.39, 0.29) is 24.8 Å². The van der Waals surface area contributed by atoms with Crippen molar-refractivity contribution in [2.45, 2.75) is 18.2 Å². The lowest BCUT2D eigenvalue weighted by atomic mass is 10.1. The summed E-state index contributed by atoms with van der Waals surface area (Å²) in [7, 11) is -3.65. The van der Waals surface area contributed by atoms with Crippen molar-refractivity contribution in [1.29, 1.82) is 0 Å². The van der Waals surface area contributed by atoms with Gasteiger partial charge in [0.2, 0.25) is 16.8 Å². The Hall–Kier alpha value is -2.58. The average molecular weight is 377 g/mol. The first-order valence-corrected chi connectivity index (χ1v) is 9.63. The summed E-state index contributed by atoms with van der Waals surface area (Å²) in [6.45, 7) is 2.41. The molecule has 0 fully saturated rings. The Bertz CT molecular complexity index is 892. The molecule has 1 N–H and O–H groups in total. The van der Waals surface area contributed by atoms with Gasteiger partial charge >= 0.3 is 5.97 Å². The van der Waals surface area contributed by atoms with Gasteiger partial charge in [-0.2, -0.15) is 0 Å². The van der Waals surface area contributed by atoms with E-state index in [1.807, 2.05) is 12.1 Å². The molecule has 0 aromatic heterocycles. The number of carbonyl (C=O) groups is 1. The maximum atomic E-state index is 12.3. The molecule has 1 heterocycles. The molecule has 0 amide bonds. The third kappa shape index (κ3) is 4.14. The van der Waals surface area contributed by atoms with Gasteiger partial charge in [0.1, 0.15) is 0 Å². The Morgan fingerprint density at radius 1 is 1.12 bits per heavy atom. The van der Waals surface area contributed by atoms with Gasteiger partial charge in [-0.05, 0) is 55.3 Å². The highest BCUT2D eigenvalue weighted by Crippen LogP contribution is 2.32. The van der Waals surface area contributed by atoms with Crippen LogP contribution in [0.3, 0.4) is 0 Å². The summed E-state index contributed by atoms with van der Waals surface area (Å²) in [5, 5.41) is 0. The Balaban J connectivity index is 1.59. The van der Waals surface area contributed by atoms with Crippen LogP contribution in [-0.4, -0.2) is 34.3 Å². The summed E-state index contributed by atoms with van der Waals surface area (Å²) in [5.74, 6) is 0.878. The molecule has 0 saturated carbocycles. The highest BCUT2D eigenvalue weighted by atomic mass is 32.2. The lowest BCUT2D eigenvalue weighted by Gasteiger charge is -2.08. The summed E-state index contributed by atoms with van der Waals surface area (Å²) in [5.41, 5.74) is 1.25. The Morgan fingerprint density at radius 2 is 1.85 bits per heavy atom. The molecule has 0 saturated heterocycles. The number of nitrogens with one attached hydrogen (secondary N) is 1. The predicted molar refractivity (Wildman–Crippen MR) is 93.9 cm³/mol. The number of rotatable bonds is 7.